The number of unbranched alkanes of at least 4 members (excludes halogenated alkanes) is 1. The number of hydrogen-bond acceptors (Lipinski definition) is 4. The van der Waals surface area contributed by atoms with Gasteiger partial charge in [0.15, 0.2) is 0 Å². The van der Waals surface area contributed by atoms with Crippen molar-refractivity contribution in [1.29, 1.82) is 0 Å². The Morgan fingerprint density at radius 2 is 1.76 bits per heavy atom. The van der Waals surface area contributed by atoms with Crippen LogP contribution < -0.4 is 0 Å². The number of carbonyl (C=O) groups excluding carboxylic acids is 1. The molecule has 0 aromatic heterocycles. The van der Waals surface area contributed by atoms with Gasteiger partial charge in [-0.3, -0.25) is 4.31 Å². The van der Waals surface area contributed by atoms with Crippen molar-refractivity contribution in [2.24, 2.45) is 0 Å². The summed E-state index contributed by atoms with van der Waals surface area (Å²) in [7, 11) is -2.48. The van der Waals surface area contributed by atoms with Crippen molar-refractivity contribution in [3.05, 3.63) is 41.6 Å². The van der Waals surface area contributed by atoms with Crippen LogP contribution in [0.5, 0.6) is 0 Å². The number of benzene rings is 1. The van der Waals surface area contributed by atoms with Crippen LogP contribution in [0.4, 0.5) is 0 Å². The summed E-state index contributed by atoms with van der Waals surface area (Å²) in [6, 6.07) is 6.69. The monoisotopic (exact) mass is 367 g/mol. The summed E-state index contributed by atoms with van der Waals surface area (Å²) < 4.78 is 32.4. The maximum Gasteiger partial charge on any atom is 0.335 e. The standard InChI is InChI=1S/C19H29NO4S/c1-7-8-9-16(18(21)24-6)14-20(19(3,4)5)25(22,23)17-12-10-15(2)11-13-17/h10-14H,7-9H2,1-6H3/b16-14+. The minimum absolute atomic E-state index is 0.198. The zero-order valence-electron chi connectivity index (χ0n) is 16.0. The SMILES string of the molecule is CCCC/C(=C\N(C(C)(C)C)S(=O)(=O)c1ccc(C)cc1)C(=O)OC. The molecule has 0 aliphatic rings. The summed E-state index contributed by atoms with van der Waals surface area (Å²) in [5.74, 6) is -0.498. The summed E-state index contributed by atoms with van der Waals surface area (Å²) in [4.78, 5) is 12.3. The van der Waals surface area contributed by atoms with Gasteiger partial charge in [-0.05, 0) is 52.7 Å². The van der Waals surface area contributed by atoms with E-state index in [0.717, 1.165) is 18.4 Å². The molecule has 0 unspecified atom stereocenters. The second-order valence-corrected chi connectivity index (χ2v) is 8.85. The Hall–Kier alpha value is -1.82. The third-order valence-electron chi connectivity index (χ3n) is 3.76. The predicted octanol–water partition coefficient (Wildman–Crippen LogP) is 4.03. The molecule has 0 bridgehead atoms. The van der Waals surface area contributed by atoms with Gasteiger partial charge in [0.05, 0.1) is 17.6 Å². The van der Waals surface area contributed by atoms with E-state index in [0.29, 0.717) is 12.0 Å². The molecular weight excluding hydrogens is 338 g/mol. The largest absolute Gasteiger partial charge is 0.466 e. The molecule has 0 atom stereocenters. The molecule has 0 radical (unpaired) electrons. The van der Waals surface area contributed by atoms with Crippen LogP contribution in [0.1, 0.15) is 52.5 Å². The Labute approximate surface area is 151 Å². The smallest absolute Gasteiger partial charge is 0.335 e. The number of nitrogens with zero attached hydrogens (tertiary/aromatic N) is 1. The van der Waals surface area contributed by atoms with Crippen LogP contribution in [0.25, 0.3) is 0 Å². The van der Waals surface area contributed by atoms with Gasteiger partial charge in [-0.15, -0.1) is 0 Å². The van der Waals surface area contributed by atoms with Crippen molar-refractivity contribution in [1.82, 2.24) is 4.31 Å². The zero-order chi connectivity index (χ0) is 19.3. The van der Waals surface area contributed by atoms with Crippen LogP contribution in [-0.2, 0) is 19.6 Å². The van der Waals surface area contributed by atoms with Gasteiger partial charge >= 0.3 is 5.97 Å². The molecule has 0 N–H and O–H groups in total. The molecule has 1 aromatic rings. The van der Waals surface area contributed by atoms with Gasteiger partial charge in [0, 0.05) is 11.7 Å². The Bertz CT molecular complexity index is 713. The van der Waals surface area contributed by atoms with Crippen molar-refractivity contribution < 1.29 is 17.9 Å². The molecule has 0 aliphatic carbocycles. The molecule has 0 amide bonds. The first kappa shape index (κ1) is 21.2. The number of carbonyl (C=O) groups is 1. The van der Waals surface area contributed by atoms with E-state index in [2.05, 4.69) is 0 Å². The normalized spacial score (nSPS) is 12.8. The van der Waals surface area contributed by atoms with Crippen molar-refractivity contribution >= 4 is 16.0 Å². The average molecular weight is 368 g/mol. The molecule has 0 aliphatic heterocycles. The summed E-state index contributed by atoms with van der Waals surface area (Å²) in [5.41, 5.74) is 0.611. The highest BCUT2D eigenvalue weighted by Crippen LogP contribution is 2.27. The Morgan fingerprint density at radius 1 is 1.20 bits per heavy atom. The van der Waals surface area contributed by atoms with Gasteiger partial charge in [0.25, 0.3) is 10.0 Å². The lowest BCUT2D eigenvalue weighted by molar-refractivity contribution is -0.136. The number of rotatable bonds is 7. The van der Waals surface area contributed by atoms with Crippen molar-refractivity contribution in [3.8, 4) is 0 Å². The number of methoxy groups -OCH3 is 1. The lowest BCUT2D eigenvalue weighted by atomic mass is 10.1. The minimum atomic E-state index is -3.79. The summed E-state index contributed by atoms with van der Waals surface area (Å²) in [6.45, 7) is 9.30. The van der Waals surface area contributed by atoms with Gasteiger partial charge in [-0.2, -0.15) is 0 Å². The molecule has 0 fully saturated rings. The van der Waals surface area contributed by atoms with Crippen molar-refractivity contribution in [2.75, 3.05) is 7.11 Å². The van der Waals surface area contributed by atoms with Crippen LogP contribution in [0.15, 0.2) is 40.9 Å². The molecule has 0 spiro atoms. The first-order valence-electron chi connectivity index (χ1n) is 8.44. The van der Waals surface area contributed by atoms with Gasteiger partial charge in [0.2, 0.25) is 0 Å². The molecule has 6 heteroatoms. The molecule has 5 nitrogen and oxygen atoms in total. The van der Waals surface area contributed by atoms with Crippen LogP contribution in [-0.4, -0.2) is 31.3 Å². The maximum absolute atomic E-state index is 13.1. The molecule has 25 heavy (non-hydrogen) atoms. The fourth-order valence-corrected chi connectivity index (χ4v) is 4.00. The summed E-state index contributed by atoms with van der Waals surface area (Å²) in [6.07, 6.45) is 3.58. The minimum Gasteiger partial charge on any atom is -0.466 e. The zero-order valence-corrected chi connectivity index (χ0v) is 16.8. The van der Waals surface area contributed by atoms with E-state index in [1.165, 1.54) is 17.6 Å². The second kappa shape index (κ2) is 8.52. The lowest BCUT2D eigenvalue weighted by Crippen LogP contribution is -2.42. The molecule has 0 heterocycles. The quantitative estimate of drug-likeness (QED) is 0.539. The van der Waals surface area contributed by atoms with E-state index in [-0.39, 0.29) is 4.90 Å². The fourth-order valence-electron chi connectivity index (χ4n) is 2.31. The third-order valence-corrected chi connectivity index (χ3v) is 5.80. The number of hydrogen-bond donors (Lipinski definition) is 0. The highest BCUT2D eigenvalue weighted by Gasteiger charge is 2.32. The van der Waals surface area contributed by atoms with Crippen LogP contribution in [0.2, 0.25) is 0 Å². The van der Waals surface area contributed by atoms with E-state index in [4.69, 9.17) is 4.74 Å². The van der Waals surface area contributed by atoms with E-state index in [1.54, 1.807) is 45.0 Å². The molecular formula is C19H29NO4S. The Balaban J connectivity index is 3.43. The predicted molar refractivity (Wildman–Crippen MR) is 99.6 cm³/mol. The fraction of sp³-hybridized carbons (Fsp3) is 0.526. The van der Waals surface area contributed by atoms with Crippen LogP contribution in [0, 0.1) is 6.92 Å². The van der Waals surface area contributed by atoms with Crippen molar-refractivity contribution in [3.63, 3.8) is 0 Å². The topological polar surface area (TPSA) is 63.7 Å². The van der Waals surface area contributed by atoms with Gasteiger partial charge in [-0.1, -0.05) is 31.0 Å². The number of esters is 1. The van der Waals surface area contributed by atoms with Crippen LogP contribution in [0.3, 0.4) is 0 Å². The van der Waals surface area contributed by atoms with Crippen molar-refractivity contribution in [2.45, 2.75) is 64.3 Å². The van der Waals surface area contributed by atoms with E-state index in [1.807, 2.05) is 13.8 Å². The van der Waals surface area contributed by atoms with E-state index >= 15 is 0 Å². The van der Waals surface area contributed by atoms with Gasteiger partial charge < -0.3 is 4.74 Å². The highest BCUT2D eigenvalue weighted by molar-refractivity contribution is 7.89. The van der Waals surface area contributed by atoms with Gasteiger partial charge in [-0.25, -0.2) is 13.2 Å². The first-order valence-corrected chi connectivity index (χ1v) is 9.88. The average Bonchev–Trinajstić information content (AvgIpc) is 2.53. The first-order chi connectivity index (χ1) is 11.5. The Kier molecular flexibility index (Phi) is 7.23. The molecule has 1 aromatic carbocycles. The second-order valence-electron chi connectivity index (χ2n) is 7.03. The lowest BCUT2D eigenvalue weighted by Gasteiger charge is -2.34. The number of sulfonamides is 1. The molecule has 140 valence electrons. The summed E-state index contributed by atoms with van der Waals surface area (Å²) >= 11 is 0. The third kappa shape index (κ3) is 5.59. The van der Waals surface area contributed by atoms with E-state index < -0.39 is 21.5 Å². The Morgan fingerprint density at radius 3 is 2.20 bits per heavy atom. The maximum atomic E-state index is 13.1. The number of aryl methyl sites for hydroxylation is 1. The number of ether oxygens (including phenoxy) is 1. The van der Waals surface area contributed by atoms with E-state index in [9.17, 15) is 13.2 Å². The molecule has 0 saturated carbocycles. The molecule has 1 rings (SSSR count). The molecule has 0 saturated heterocycles. The highest BCUT2D eigenvalue weighted by atomic mass is 32.2. The van der Waals surface area contributed by atoms with Gasteiger partial charge in [0.1, 0.15) is 0 Å². The summed E-state index contributed by atoms with van der Waals surface area (Å²) in [5, 5.41) is 0. The van der Waals surface area contributed by atoms with Crippen LogP contribution >= 0.6 is 0 Å².